The van der Waals surface area contributed by atoms with Crippen molar-refractivity contribution in [2.75, 3.05) is 0 Å². The number of fused-ring (bicyclic) bond motifs is 3. The number of phenols is 1. The van der Waals surface area contributed by atoms with Crippen molar-refractivity contribution < 1.29 is 5.11 Å². The Bertz CT molecular complexity index is 926. The van der Waals surface area contributed by atoms with Crippen molar-refractivity contribution in [1.29, 1.82) is 0 Å². The number of hydrogen-bond donors (Lipinski definition) is 1. The Hall–Kier alpha value is -2.39. The SMILES string of the molecule is Oc1ccccc1-c1nc2ccc3ccccc3c2s1. The van der Waals surface area contributed by atoms with E-state index >= 15 is 0 Å². The molecule has 96 valence electrons. The molecule has 4 rings (SSSR count). The van der Waals surface area contributed by atoms with Crippen molar-refractivity contribution in [2.24, 2.45) is 0 Å². The number of aromatic nitrogens is 1. The highest BCUT2D eigenvalue weighted by molar-refractivity contribution is 7.22. The topological polar surface area (TPSA) is 33.1 Å². The van der Waals surface area contributed by atoms with Gasteiger partial charge in [0.2, 0.25) is 0 Å². The highest BCUT2D eigenvalue weighted by Crippen LogP contribution is 2.37. The summed E-state index contributed by atoms with van der Waals surface area (Å²) in [7, 11) is 0. The molecule has 0 fully saturated rings. The van der Waals surface area contributed by atoms with Gasteiger partial charge >= 0.3 is 0 Å². The van der Waals surface area contributed by atoms with E-state index in [1.807, 2.05) is 36.4 Å². The minimum Gasteiger partial charge on any atom is -0.507 e. The maximum absolute atomic E-state index is 9.97. The third-order valence-corrected chi connectivity index (χ3v) is 4.55. The second kappa shape index (κ2) is 4.32. The summed E-state index contributed by atoms with van der Waals surface area (Å²) in [5.74, 6) is 0.274. The molecule has 3 heteroatoms. The molecule has 2 nitrogen and oxygen atoms in total. The molecule has 1 N–H and O–H groups in total. The van der Waals surface area contributed by atoms with E-state index in [4.69, 9.17) is 0 Å². The van der Waals surface area contributed by atoms with Gasteiger partial charge in [0.25, 0.3) is 0 Å². The maximum atomic E-state index is 9.97. The summed E-state index contributed by atoms with van der Waals surface area (Å²) in [4.78, 5) is 4.65. The van der Waals surface area contributed by atoms with E-state index in [0.29, 0.717) is 0 Å². The van der Waals surface area contributed by atoms with Gasteiger partial charge in [-0.05, 0) is 23.6 Å². The third-order valence-electron chi connectivity index (χ3n) is 3.41. The zero-order valence-electron chi connectivity index (χ0n) is 10.6. The van der Waals surface area contributed by atoms with Gasteiger partial charge < -0.3 is 5.11 Å². The van der Waals surface area contributed by atoms with Crippen LogP contribution in [0.1, 0.15) is 0 Å². The van der Waals surface area contributed by atoms with Gasteiger partial charge in [0.15, 0.2) is 0 Å². The fourth-order valence-electron chi connectivity index (χ4n) is 2.43. The zero-order chi connectivity index (χ0) is 13.5. The lowest BCUT2D eigenvalue weighted by Gasteiger charge is -1.98. The van der Waals surface area contributed by atoms with Crippen LogP contribution in [-0.2, 0) is 0 Å². The van der Waals surface area contributed by atoms with Crippen molar-refractivity contribution in [3.63, 3.8) is 0 Å². The standard InChI is InChI=1S/C17H11NOS/c19-15-8-4-3-7-13(15)17-18-14-10-9-11-5-1-2-6-12(11)16(14)20-17/h1-10,19H. The van der Waals surface area contributed by atoms with Gasteiger partial charge in [0.1, 0.15) is 10.8 Å². The molecule has 0 spiro atoms. The number of rotatable bonds is 1. The van der Waals surface area contributed by atoms with Crippen LogP contribution in [0.15, 0.2) is 60.7 Å². The fraction of sp³-hybridized carbons (Fsp3) is 0. The Labute approximate surface area is 120 Å². The Morgan fingerprint density at radius 3 is 2.55 bits per heavy atom. The van der Waals surface area contributed by atoms with Crippen molar-refractivity contribution in [3.05, 3.63) is 60.7 Å². The number of phenolic OH excluding ortho intramolecular Hbond substituents is 1. The summed E-state index contributed by atoms with van der Waals surface area (Å²) in [6.45, 7) is 0. The zero-order valence-corrected chi connectivity index (χ0v) is 11.4. The van der Waals surface area contributed by atoms with Crippen LogP contribution in [0, 0.1) is 0 Å². The molecule has 0 saturated heterocycles. The summed E-state index contributed by atoms with van der Waals surface area (Å²) in [5, 5.41) is 13.3. The number of thiazole rings is 1. The van der Waals surface area contributed by atoms with E-state index in [1.165, 1.54) is 15.5 Å². The van der Waals surface area contributed by atoms with Crippen LogP contribution < -0.4 is 0 Å². The van der Waals surface area contributed by atoms with Crippen LogP contribution in [-0.4, -0.2) is 10.1 Å². The van der Waals surface area contributed by atoms with E-state index in [9.17, 15) is 5.11 Å². The second-order valence-corrected chi connectivity index (χ2v) is 5.67. The summed E-state index contributed by atoms with van der Waals surface area (Å²) in [6.07, 6.45) is 0. The average molecular weight is 277 g/mol. The molecule has 1 heterocycles. The molecule has 20 heavy (non-hydrogen) atoms. The first-order valence-corrected chi connectivity index (χ1v) is 7.21. The van der Waals surface area contributed by atoms with Crippen molar-refractivity contribution >= 4 is 32.3 Å². The van der Waals surface area contributed by atoms with Gasteiger partial charge in [0.05, 0.1) is 15.8 Å². The predicted octanol–water partition coefficient (Wildman–Crippen LogP) is 4.82. The molecule has 0 bridgehead atoms. The largest absolute Gasteiger partial charge is 0.507 e. The van der Waals surface area contributed by atoms with Gasteiger partial charge in [-0.25, -0.2) is 4.98 Å². The van der Waals surface area contributed by atoms with Crippen LogP contribution in [0.4, 0.5) is 0 Å². The third kappa shape index (κ3) is 1.67. The van der Waals surface area contributed by atoms with Gasteiger partial charge in [-0.1, -0.05) is 42.5 Å². The number of para-hydroxylation sites is 1. The molecular formula is C17H11NOS. The van der Waals surface area contributed by atoms with E-state index in [-0.39, 0.29) is 5.75 Å². The van der Waals surface area contributed by atoms with Crippen LogP contribution in [0.25, 0.3) is 31.6 Å². The van der Waals surface area contributed by atoms with Gasteiger partial charge in [0, 0.05) is 5.39 Å². The number of benzene rings is 3. The van der Waals surface area contributed by atoms with E-state index in [0.717, 1.165) is 16.1 Å². The average Bonchev–Trinajstić information content (AvgIpc) is 2.92. The fourth-order valence-corrected chi connectivity index (χ4v) is 3.56. The lowest BCUT2D eigenvalue weighted by Crippen LogP contribution is -1.76. The molecule has 0 aliphatic rings. The molecule has 4 aromatic rings. The smallest absolute Gasteiger partial charge is 0.128 e. The molecule has 0 unspecified atom stereocenters. The lowest BCUT2D eigenvalue weighted by atomic mass is 10.1. The Balaban J connectivity index is 2.04. The number of hydrogen-bond acceptors (Lipinski definition) is 3. The normalized spacial score (nSPS) is 11.2. The Morgan fingerprint density at radius 2 is 1.65 bits per heavy atom. The first-order valence-electron chi connectivity index (χ1n) is 6.39. The summed E-state index contributed by atoms with van der Waals surface area (Å²) in [6, 6.07) is 19.8. The van der Waals surface area contributed by atoms with Gasteiger partial charge in [-0.15, -0.1) is 11.3 Å². The minimum atomic E-state index is 0.274. The first kappa shape index (κ1) is 11.4. The van der Waals surface area contributed by atoms with Crippen molar-refractivity contribution in [2.45, 2.75) is 0 Å². The molecule has 0 aliphatic heterocycles. The highest BCUT2D eigenvalue weighted by Gasteiger charge is 2.11. The van der Waals surface area contributed by atoms with Crippen LogP contribution >= 0.6 is 11.3 Å². The Morgan fingerprint density at radius 1 is 0.850 bits per heavy atom. The number of aromatic hydroxyl groups is 1. The minimum absolute atomic E-state index is 0.274. The molecule has 0 aliphatic carbocycles. The quantitative estimate of drug-likeness (QED) is 0.541. The summed E-state index contributed by atoms with van der Waals surface area (Å²) in [5.41, 5.74) is 1.77. The van der Waals surface area contributed by atoms with E-state index in [2.05, 4.69) is 23.2 Å². The second-order valence-electron chi connectivity index (χ2n) is 4.67. The molecule has 1 aromatic heterocycles. The lowest BCUT2D eigenvalue weighted by molar-refractivity contribution is 0.477. The summed E-state index contributed by atoms with van der Waals surface area (Å²) < 4.78 is 1.17. The molecule has 0 radical (unpaired) electrons. The van der Waals surface area contributed by atoms with Gasteiger partial charge in [-0.2, -0.15) is 0 Å². The summed E-state index contributed by atoms with van der Waals surface area (Å²) >= 11 is 1.62. The Kier molecular flexibility index (Phi) is 2.47. The molecular weight excluding hydrogens is 266 g/mol. The van der Waals surface area contributed by atoms with Crippen LogP contribution in [0.3, 0.4) is 0 Å². The van der Waals surface area contributed by atoms with Crippen molar-refractivity contribution in [1.82, 2.24) is 4.98 Å². The van der Waals surface area contributed by atoms with Gasteiger partial charge in [-0.3, -0.25) is 0 Å². The van der Waals surface area contributed by atoms with Crippen LogP contribution in [0.2, 0.25) is 0 Å². The molecule has 0 amide bonds. The van der Waals surface area contributed by atoms with E-state index in [1.54, 1.807) is 17.4 Å². The van der Waals surface area contributed by atoms with Crippen LogP contribution in [0.5, 0.6) is 5.75 Å². The highest BCUT2D eigenvalue weighted by atomic mass is 32.1. The predicted molar refractivity (Wildman–Crippen MR) is 84.2 cm³/mol. The maximum Gasteiger partial charge on any atom is 0.128 e. The monoisotopic (exact) mass is 277 g/mol. The molecule has 0 saturated carbocycles. The molecule has 0 atom stereocenters. The van der Waals surface area contributed by atoms with Crippen molar-refractivity contribution in [3.8, 4) is 16.3 Å². The van der Waals surface area contributed by atoms with E-state index < -0.39 is 0 Å². The number of nitrogens with zero attached hydrogens (tertiary/aromatic N) is 1. The molecule has 3 aromatic carbocycles. The first-order chi connectivity index (χ1) is 9.83.